The molecule has 0 saturated heterocycles. The molecule has 0 nitrogen and oxygen atoms in total. The Balaban J connectivity index is 1.62. The third kappa shape index (κ3) is 2.67. The van der Waals surface area contributed by atoms with Crippen LogP contribution in [0.25, 0.3) is 5.57 Å². The Morgan fingerprint density at radius 3 is 2.73 bits per heavy atom. The van der Waals surface area contributed by atoms with Crippen molar-refractivity contribution in [3.8, 4) is 0 Å². The van der Waals surface area contributed by atoms with Gasteiger partial charge in [-0.05, 0) is 52.3 Å². The number of aryl methyl sites for hydroxylation is 1. The van der Waals surface area contributed by atoms with Crippen LogP contribution in [0.1, 0.15) is 37.0 Å². The van der Waals surface area contributed by atoms with Gasteiger partial charge in [0.1, 0.15) is 0 Å². The molecule has 4 aliphatic carbocycles. The standard InChI is InChI=1S/C30H30/c1-6-22-23(7-2)27(17-20-10-8-9-11-24(20)22)21-13-15-26-25-14-12-19(3)16-28(25)30(4,5)29(26)18-21/h6-12,14-18,21-22,24H,1-2,13H2,3-5H3. The van der Waals surface area contributed by atoms with Crippen molar-refractivity contribution in [1.29, 1.82) is 0 Å². The zero-order valence-corrected chi connectivity index (χ0v) is 18.3. The van der Waals surface area contributed by atoms with Gasteiger partial charge in [-0.1, -0.05) is 98.9 Å². The molecule has 1 aromatic carbocycles. The van der Waals surface area contributed by atoms with E-state index in [9.17, 15) is 0 Å². The first kappa shape index (κ1) is 19.1. The van der Waals surface area contributed by atoms with Gasteiger partial charge in [-0.3, -0.25) is 0 Å². The van der Waals surface area contributed by atoms with E-state index in [1.54, 1.807) is 0 Å². The van der Waals surface area contributed by atoms with E-state index in [0.717, 1.165) is 6.42 Å². The highest BCUT2D eigenvalue weighted by molar-refractivity contribution is 5.90. The van der Waals surface area contributed by atoms with Crippen molar-refractivity contribution in [2.24, 2.45) is 17.8 Å². The molecule has 0 heterocycles. The first-order chi connectivity index (χ1) is 14.5. The third-order valence-corrected chi connectivity index (χ3v) is 7.42. The average Bonchev–Trinajstić information content (AvgIpc) is 2.98. The Morgan fingerprint density at radius 2 is 1.97 bits per heavy atom. The zero-order valence-electron chi connectivity index (χ0n) is 18.3. The summed E-state index contributed by atoms with van der Waals surface area (Å²) in [6, 6.07) is 6.93. The molecule has 0 saturated carbocycles. The van der Waals surface area contributed by atoms with Crippen LogP contribution in [0.2, 0.25) is 0 Å². The summed E-state index contributed by atoms with van der Waals surface area (Å²) in [5, 5.41) is 0. The molecule has 3 unspecified atom stereocenters. The van der Waals surface area contributed by atoms with E-state index < -0.39 is 0 Å². The minimum Gasteiger partial charge on any atom is -0.102 e. The molecule has 150 valence electrons. The lowest BCUT2D eigenvalue weighted by molar-refractivity contribution is 0.590. The van der Waals surface area contributed by atoms with Gasteiger partial charge < -0.3 is 0 Å². The Hall–Kier alpha value is -2.86. The van der Waals surface area contributed by atoms with Gasteiger partial charge in [-0.25, -0.2) is 0 Å². The van der Waals surface area contributed by atoms with Gasteiger partial charge in [0.15, 0.2) is 0 Å². The summed E-state index contributed by atoms with van der Waals surface area (Å²) in [4.78, 5) is 0. The molecule has 0 aromatic heterocycles. The Morgan fingerprint density at radius 1 is 1.13 bits per heavy atom. The molecule has 30 heavy (non-hydrogen) atoms. The maximum atomic E-state index is 4.19. The lowest BCUT2D eigenvalue weighted by Crippen LogP contribution is -2.24. The van der Waals surface area contributed by atoms with Crippen LogP contribution in [0.4, 0.5) is 0 Å². The minimum atomic E-state index is 0.0381. The van der Waals surface area contributed by atoms with Gasteiger partial charge in [0.05, 0.1) is 0 Å². The quantitative estimate of drug-likeness (QED) is 0.467. The predicted molar refractivity (Wildman–Crippen MR) is 129 cm³/mol. The molecule has 0 bridgehead atoms. The maximum absolute atomic E-state index is 4.19. The van der Waals surface area contributed by atoms with Crippen molar-refractivity contribution in [2.45, 2.75) is 32.6 Å². The van der Waals surface area contributed by atoms with Crippen LogP contribution in [-0.2, 0) is 5.41 Å². The SMILES string of the molecule is C=CC1=C(C2C=C3C(=CC2)c2ccc(C)cc2C3(C)C)C=C2C=CC=CC2C1C=C. The van der Waals surface area contributed by atoms with Gasteiger partial charge in [-0.15, -0.1) is 6.58 Å². The number of fused-ring (bicyclic) bond motifs is 4. The second kappa shape index (κ2) is 6.84. The van der Waals surface area contributed by atoms with Crippen LogP contribution in [-0.4, -0.2) is 0 Å². The third-order valence-electron chi connectivity index (χ3n) is 7.42. The van der Waals surface area contributed by atoms with Gasteiger partial charge in [0.2, 0.25) is 0 Å². The monoisotopic (exact) mass is 390 g/mol. The Bertz CT molecular complexity index is 1140. The molecule has 0 amide bonds. The lowest BCUT2D eigenvalue weighted by atomic mass is 9.69. The van der Waals surface area contributed by atoms with Crippen molar-refractivity contribution in [2.75, 3.05) is 0 Å². The van der Waals surface area contributed by atoms with Gasteiger partial charge in [0.25, 0.3) is 0 Å². The second-order valence-electron chi connectivity index (χ2n) is 9.50. The van der Waals surface area contributed by atoms with E-state index in [2.05, 4.69) is 107 Å². The molecule has 1 aromatic rings. The fourth-order valence-corrected chi connectivity index (χ4v) is 5.83. The summed E-state index contributed by atoms with van der Waals surface area (Å²) in [5.74, 6) is 1.04. The highest BCUT2D eigenvalue weighted by Crippen LogP contribution is 2.53. The van der Waals surface area contributed by atoms with Crippen LogP contribution < -0.4 is 0 Å². The fourth-order valence-electron chi connectivity index (χ4n) is 5.83. The van der Waals surface area contributed by atoms with Crippen LogP contribution in [0.3, 0.4) is 0 Å². The zero-order chi connectivity index (χ0) is 21.0. The normalized spacial score (nSPS) is 28.1. The summed E-state index contributed by atoms with van der Waals surface area (Å²) >= 11 is 0. The Kier molecular flexibility index (Phi) is 4.36. The summed E-state index contributed by atoms with van der Waals surface area (Å²) in [6.45, 7) is 15.3. The van der Waals surface area contributed by atoms with Gasteiger partial charge in [-0.2, -0.15) is 0 Å². The van der Waals surface area contributed by atoms with Crippen LogP contribution in [0, 0.1) is 24.7 Å². The van der Waals surface area contributed by atoms with Crippen molar-refractivity contribution in [3.63, 3.8) is 0 Å². The van der Waals surface area contributed by atoms with E-state index in [1.807, 2.05) is 0 Å². The number of rotatable bonds is 3. The highest BCUT2D eigenvalue weighted by atomic mass is 14.4. The summed E-state index contributed by atoms with van der Waals surface area (Å²) in [5.41, 5.74) is 11.3. The molecule has 5 rings (SSSR count). The molecule has 0 fully saturated rings. The Labute approximate surface area is 181 Å². The first-order valence-electron chi connectivity index (χ1n) is 11.1. The molecule has 0 aliphatic heterocycles. The van der Waals surface area contributed by atoms with E-state index in [-0.39, 0.29) is 5.41 Å². The molecule has 0 radical (unpaired) electrons. The molecule has 0 N–H and O–H groups in total. The topological polar surface area (TPSA) is 0 Å². The number of allylic oxidation sites excluding steroid dienone is 14. The molecule has 0 heteroatoms. The number of hydrogen-bond acceptors (Lipinski definition) is 0. The van der Waals surface area contributed by atoms with Crippen molar-refractivity contribution in [3.05, 3.63) is 125 Å². The highest BCUT2D eigenvalue weighted by Gasteiger charge is 2.40. The van der Waals surface area contributed by atoms with Crippen LogP contribution in [0.5, 0.6) is 0 Å². The summed E-state index contributed by atoms with van der Waals surface area (Å²) < 4.78 is 0. The van der Waals surface area contributed by atoms with Gasteiger partial charge >= 0.3 is 0 Å². The maximum Gasteiger partial charge on any atom is 0.0155 e. The van der Waals surface area contributed by atoms with Gasteiger partial charge in [0, 0.05) is 23.2 Å². The van der Waals surface area contributed by atoms with Crippen LogP contribution >= 0.6 is 0 Å². The molecule has 3 atom stereocenters. The summed E-state index contributed by atoms with van der Waals surface area (Å²) in [7, 11) is 0. The lowest BCUT2D eigenvalue weighted by Gasteiger charge is -2.35. The van der Waals surface area contributed by atoms with E-state index in [4.69, 9.17) is 0 Å². The number of benzene rings is 1. The minimum absolute atomic E-state index is 0.0381. The van der Waals surface area contributed by atoms with E-state index >= 15 is 0 Å². The predicted octanol–water partition coefficient (Wildman–Crippen LogP) is 7.58. The molecular weight excluding hydrogens is 360 g/mol. The molecule has 4 aliphatic rings. The fraction of sp³-hybridized carbons (Fsp3) is 0.267. The molecular formula is C30H30. The van der Waals surface area contributed by atoms with Crippen LogP contribution in [0.15, 0.2) is 108 Å². The molecule has 0 spiro atoms. The largest absolute Gasteiger partial charge is 0.102 e. The van der Waals surface area contributed by atoms with Crippen molar-refractivity contribution >= 4 is 5.57 Å². The van der Waals surface area contributed by atoms with E-state index in [0.29, 0.717) is 17.8 Å². The van der Waals surface area contributed by atoms with E-state index in [1.165, 1.54) is 44.6 Å². The number of hydrogen-bond donors (Lipinski definition) is 0. The van der Waals surface area contributed by atoms with Crippen molar-refractivity contribution in [1.82, 2.24) is 0 Å². The second-order valence-corrected chi connectivity index (χ2v) is 9.50. The average molecular weight is 391 g/mol. The summed E-state index contributed by atoms with van der Waals surface area (Å²) in [6.07, 6.45) is 21.5. The van der Waals surface area contributed by atoms with Crippen molar-refractivity contribution < 1.29 is 0 Å². The smallest absolute Gasteiger partial charge is 0.0155 e. The first-order valence-corrected chi connectivity index (χ1v) is 11.1.